The van der Waals surface area contributed by atoms with Crippen LogP contribution < -0.4 is 10.1 Å². The van der Waals surface area contributed by atoms with Gasteiger partial charge in [-0.25, -0.2) is 9.97 Å². The molecule has 4 aromatic rings. The summed E-state index contributed by atoms with van der Waals surface area (Å²) >= 11 is 0. The molecule has 34 heavy (non-hydrogen) atoms. The van der Waals surface area contributed by atoms with Gasteiger partial charge in [-0.15, -0.1) is 0 Å². The molecule has 0 spiro atoms. The van der Waals surface area contributed by atoms with Crippen molar-refractivity contribution < 1.29 is 4.74 Å². The van der Waals surface area contributed by atoms with Crippen LogP contribution in [0.1, 0.15) is 67.8 Å². The van der Waals surface area contributed by atoms with Crippen LogP contribution in [0.25, 0.3) is 33.6 Å². The number of nitrogens with one attached hydrogen (secondary N) is 3. The van der Waals surface area contributed by atoms with Crippen molar-refractivity contribution in [3.05, 3.63) is 66.0 Å². The van der Waals surface area contributed by atoms with Gasteiger partial charge >= 0.3 is 0 Å². The minimum Gasteiger partial charge on any atom is -0.487 e. The quantitative estimate of drug-likeness (QED) is 0.350. The number of fused-ring (bicyclic) bond motifs is 3. The first-order chi connectivity index (χ1) is 16.8. The van der Waals surface area contributed by atoms with E-state index in [4.69, 9.17) is 9.72 Å². The maximum Gasteiger partial charge on any atom is 0.130 e. The van der Waals surface area contributed by atoms with E-state index in [9.17, 15) is 0 Å². The molecule has 0 amide bonds. The summed E-state index contributed by atoms with van der Waals surface area (Å²) in [5, 5.41) is 3.53. The largest absolute Gasteiger partial charge is 0.487 e. The number of H-pyrrole nitrogens is 2. The van der Waals surface area contributed by atoms with Gasteiger partial charge in [0, 0.05) is 11.5 Å². The summed E-state index contributed by atoms with van der Waals surface area (Å²) in [6.45, 7) is 1.60. The zero-order chi connectivity index (χ0) is 22.5. The molecule has 0 radical (unpaired) electrons. The molecule has 6 nitrogen and oxygen atoms in total. The summed E-state index contributed by atoms with van der Waals surface area (Å²) in [5.74, 6) is 3.69. The maximum absolute atomic E-state index is 6.13. The van der Waals surface area contributed by atoms with Gasteiger partial charge < -0.3 is 20.0 Å². The monoisotopic (exact) mass is 451 g/mol. The lowest BCUT2D eigenvalue weighted by atomic mass is 9.99. The third-order valence-electron chi connectivity index (χ3n) is 7.66. The van der Waals surface area contributed by atoms with Crippen molar-refractivity contribution in [2.75, 3.05) is 6.54 Å². The lowest BCUT2D eigenvalue weighted by molar-refractivity contribution is 0.297. The van der Waals surface area contributed by atoms with Crippen molar-refractivity contribution in [2.45, 2.75) is 57.1 Å². The molecule has 0 bridgehead atoms. The Hall–Kier alpha value is -3.38. The molecule has 172 valence electrons. The van der Waals surface area contributed by atoms with Gasteiger partial charge in [-0.2, -0.15) is 0 Å². The SMILES string of the molecule is c1cc(-c2cnc(C3CCCC3)[nH]2)ccc1-c1ccc2c(c1)OCc1[nH]c([C@@H]3CCCN3)nc1-2. The number of hydrogen-bond donors (Lipinski definition) is 3. The first-order valence-electron chi connectivity index (χ1n) is 12.6. The summed E-state index contributed by atoms with van der Waals surface area (Å²) in [6.07, 6.45) is 9.46. The Labute approximate surface area is 199 Å². The Morgan fingerprint density at radius 1 is 0.824 bits per heavy atom. The van der Waals surface area contributed by atoms with Gasteiger partial charge in [0.1, 0.15) is 24.0 Å². The topological polar surface area (TPSA) is 78.6 Å². The van der Waals surface area contributed by atoms with E-state index in [2.05, 4.69) is 62.7 Å². The second kappa shape index (κ2) is 8.13. The number of benzene rings is 2. The lowest BCUT2D eigenvalue weighted by Gasteiger charge is -2.17. The van der Waals surface area contributed by atoms with E-state index in [0.717, 1.165) is 58.6 Å². The second-order valence-corrected chi connectivity index (χ2v) is 9.84. The van der Waals surface area contributed by atoms with E-state index in [1.165, 1.54) is 43.2 Å². The van der Waals surface area contributed by atoms with Gasteiger partial charge in [0.25, 0.3) is 0 Å². The molecule has 6 heteroatoms. The molecule has 7 rings (SSSR count). The van der Waals surface area contributed by atoms with E-state index in [1.54, 1.807) is 0 Å². The Bertz CT molecular complexity index is 1320. The van der Waals surface area contributed by atoms with E-state index in [0.29, 0.717) is 18.6 Å². The highest BCUT2D eigenvalue weighted by Gasteiger charge is 2.26. The number of hydrogen-bond acceptors (Lipinski definition) is 4. The smallest absolute Gasteiger partial charge is 0.130 e. The zero-order valence-electron chi connectivity index (χ0n) is 19.2. The van der Waals surface area contributed by atoms with Crippen molar-refractivity contribution in [1.82, 2.24) is 25.3 Å². The number of ether oxygens (including phenoxy) is 1. The summed E-state index contributed by atoms with van der Waals surface area (Å²) in [4.78, 5) is 16.7. The minimum atomic E-state index is 0.330. The summed E-state index contributed by atoms with van der Waals surface area (Å²) < 4.78 is 6.13. The second-order valence-electron chi connectivity index (χ2n) is 9.84. The molecule has 1 aliphatic carbocycles. The summed E-state index contributed by atoms with van der Waals surface area (Å²) in [5.41, 5.74) is 7.77. The predicted octanol–water partition coefficient (Wildman–Crippen LogP) is 6.11. The molecule has 2 fully saturated rings. The van der Waals surface area contributed by atoms with Gasteiger partial charge in [-0.1, -0.05) is 43.2 Å². The average molecular weight is 452 g/mol. The van der Waals surface area contributed by atoms with E-state index >= 15 is 0 Å². The highest BCUT2D eigenvalue weighted by molar-refractivity contribution is 5.77. The van der Waals surface area contributed by atoms with Crippen molar-refractivity contribution in [2.24, 2.45) is 0 Å². The fourth-order valence-electron chi connectivity index (χ4n) is 5.74. The van der Waals surface area contributed by atoms with Crippen LogP contribution in [0.3, 0.4) is 0 Å². The molecule has 2 aromatic heterocycles. The molecule has 4 heterocycles. The van der Waals surface area contributed by atoms with Crippen molar-refractivity contribution in [3.8, 4) is 39.4 Å². The van der Waals surface area contributed by atoms with Crippen molar-refractivity contribution in [3.63, 3.8) is 0 Å². The average Bonchev–Trinajstić information content (AvgIpc) is 3.70. The van der Waals surface area contributed by atoms with Crippen molar-refractivity contribution in [1.29, 1.82) is 0 Å². The normalized spacial score (nSPS) is 19.7. The predicted molar refractivity (Wildman–Crippen MR) is 133 cm³/mol. The zero-order valence-corrected chi connectivity index (χ0v) is 19.2. The Morgan fingerprint density at radius 2 is 1.65 bits per heavy atom. The Balaban J connectivity index is 1.14. The molecule has 1 saturated carbocycles. The Morgan fingerprint density at radius 3 is 2.47 bits per heavy atom. The Kier molecular flexibility index (Phi) is 4.79. The van der Waals surface area contributed by atoms with Gasteiger partial charge in [-0.05, 0) is 61.1 Å². The first-order valence-corrected chi connectivity index (χ1v) is 12.6. The van der Waals surface area contributed by atoms with Gasteiger partial charge in [-0.3, -0.25) is 0 Å². The molecule has 2 aromatic carbocycles. The molecule has 3 N–H and O–H groups in total. The van der Waals surface area contributed by atoms with Gasteiger partial charge in [0.15, 0.2) is 0 Å². The summed E-state index contributed by atoms with van der Waals surface area (Å²) in [7, 11) is 0. The van der Waals surface area contributed by atoms with Crippen LogP contribution in [0.4, 0.5) is 0 Å². The van der Waals surface area contributed by atoms with Gasteiger partial charge in [0.05, 0.1) is 29.3 Å². The third kappa shape index (κ3) is 3.44. The van der Waals surface area contributed by atoms with Crippen LogP contribution in [0, 0.1) is 0 Å². The lowest BCUT2D eigenvalue weighted by Crippen LogP contribution is -2.14. The van der Waals surface area contributed by atoms with Crippen LogP contribution in [-0.4, -0.2) is 26.5 Å². The minimum absolute atomic E-state index is 0.330. The number of rotatable bonds is 4. The highest BCUT2D eigenvalue weighted by Crippen LogP contribution is 2.40. The van der Waals surface area contributed by atoms with Crippen LogP contribution in [0.2, 0.25) is 0 Å². The fourth-order valence-corrected chi connectivity index (χ4v) is 5.74. The van der Waals surface area contributed by atoms with E-state index in [1.807, 2.05) is 6.20 Å². The number of nitrogens with zero attached hydrogens (tertiary/aromatic N) is 2. The molecule has 1 saturated heterocycles. The van der Waals surface area contributed by atoms with E-state index in [-0.39, 0.29) is 0 Å². The number of aromatic amines is 2. The third-order valence-corrected chi connectivity index (χ3v) is 7.66. The fraction of sp³-hybridized carbons (Fsp3) is 0.357. The molecule has 0 unspecified atom stereocenters. The van der Waals surface area contributed by atoms with Crippen LogP contribution in [-0.2, 0) is 6.61 Å². The number of imidazole rings is 2. The molecule has 2 aliphatic heterocycles. The van der Waals surface area contributed by atoms with Crippen LogP contribution >= 0.6 is 0 Å². The van der Waals surface area contributed by atoms with E-state index < -0.39 is 0 Å². The standard InChI is InChI=1S/C28H29N5O/c1-2-5-19(4-1)27-30-15-23(31-27)18-9-7-17(8-10-18)20-11-12-21-25(14-20)34-16-24-26(21)33-28(32-24)22-6-3-13-29-22/h7-12,14-15,19,22,29H,1-6,13,16H2,(H,30,31)(H,32,33)/t22-/m0/s1. The molecule has 1 atom stereocenters. The summed E-state index contributed by atoms with van der Waals surface area (Å²) in [6, 6.07) is 15.5. The molecular formula is C28H29N5O. The van der Waals surface area contributed by atoms with Gasteiger partial charge in [0.2, 0.25) is 0 Å². The number of aromatic nitrogens is 4. The van der Waals surface area contributed by atoms with Crippen LogP contribution in [0.15, 0.2) is 48.7 Å². The first kappa shape index (κ1) is 20.0. The molecule has 3 aliphatic rings. The maximum atomic E-state index is 6.13. The van der Waals surface area contributed by atoms with Crippen LogP contribution in [0.5, 0.6) is 5.75 Å². The molecular weight excluding hydrogens is 422 g/mol. The van der Waals surface area contributed by atoms with Crippen molar-refractivity contribution >= 4 is 0 Å². The highest BCUT2D eigenvalue weighted by atomic mass is 16.5.